The van der Waals surface area contributed by atoms with E-state index in [9.17, 15) is 4.79 Å². The van der Waals surface area contributed by atoms with E-state index >= 15 is 0 Å². The summed E-state index contributed by atoms with van der Waals surface area (Å²) in [6.45, 7) is 10.2. The predicted octanol–water partition coefficient (Wildman–Crippen LogP) is 2.46. The van der Waals surface area contributed by atoms with Crippen LogP contribution in [0.4, 0.5) is 0 Å². The van der Waals surface area contributed by atoms with Crippen LogP contribution in [-0.4, -0.2) is 11.9 Å². The van der Waals surface area contributed by atoms with Crippen LogP contribution in [0.1, 0.15) is 43.5 Å². The molecule has 1 aromatic rings. The highest BCUT2D eigenvalue weighted by Crippen LogP contribution is 2.20. The quantitative estimate of drug-likeness (QED) is 0.841. The van der Waals surface area contributed by atoms with Gasteiger partial charge in [0, 0.05) is 6.04 Å². The lowest BCUT2D eigenvalue weighted by molar-refractivity contribution is -0.121. The molecule has 2 atom stereocenters. The number of carbonyl (C=O) groups is 1. The Bertz CT molecular complexity index is 427. The number of hydrogen-bond donors (Lipinski definition) is 2. The summed E-state index contributed by atoms with van der Waals surface area (Å²) in [5.41, 5.74) is 9.13. The molecule has 2 unspecified atom stereocenters. The fraction of sp³-hybridized carbons (Fsp3) is 0.533. The third kappa shape index (κ3) is 3.57. The van der Waals surface area contributed by atoms with Crippen molar-refractivity contribution in [2.75, 3.05) is 0 Å². The van der Waals surface area contributed by atoms with Gasteiger partial charge in [-0.1, -0.05) is 37.6 Å². The first-order valence-corrected chi connectivity index (χ1v) is 6.45. The lowest BCUT2D eigenvalue weighted by atomic mass is 9.97. The fourth-order valence-corrected chi connectivity index (χ4v) is 2.27. The van der Waals surface area contributed by atoms with Gasteiger partial charge in [-0.05, 0) is 37.8 Å². The summed E-state index contributed by atoms with van der Waals surface area (Å²) in [5, 5.41) is 3.32. The monoisotopic (exact) mass is 248 g/mol. The Kier molecular flexibility index (Phi) is 4.91. The van der Waals surface area contributed by atoms with Gasteiger partial charge in [-0.25, -0.2) is 0 Å². The van der Waals surface area contributed by atoms with Crippen LogP contribution in [-0.2, 0) is 4.79 Å². The van der Waals surface area contributed by atoms with Crippen molar-refractivity contribution < 1.29 is 4.79 Å². The topological polar surface area (TPSA) is 55.1 Å². The maximum absolute atomic E-state index is 11.4. The largest absolute Gasteiger partial charge is 0.368 e. The molecule has 0 radical (unpaired) electrons. The van der Waals surface area contributed by atoms with E-state index in [-0.39, 0.29) is 23.9 Å². The van der Waals surface area contributed by atoms with Gasteiger partial charge in [-0.15, -0.1) is 0 Å². The van der Waals surface area contributed by atoms with Gasteiger partial charge >= 0.3 is 0 Å². The summed E-state index contributed by atoms with van der Waals surface area (Å²) >= 11 is 0. The smallest absolute Gasteiger partial charge is 0.234 e. The summed E-state index contributed by atoms with van der Waals surface area (Å²) in [6.07, 6.45) is 0. The fourth-order valence-electron chi connectivity index (χ4n) is 2.27. The first kappa shape index (κ1) is 14.7. The van der Waals surface area contributed by atoms with Crippen molar-refractivity contribution in [3.8, 4) is 0 Å². The van der Waals surface area contributed by atoms with E-state index in [0.717, 1.165) is 0 Å². The Morgan fingerprint density at radius 1 is 1.22 bits per heavy atom. The molecule has 3 heteroatoms. The predicted molar refractivity (Wildman–Crippen MR) is 75.3 cm³/mol. The van der Waals surface area contributed by atoms with Crippen LogP contribution in [0.3, 0.4) is 0 Å². The van der Waals surface area contributed by atoms with Gasteiger partial charge in [-0.2, -0.15) is 0 Å². The highest BCUT2D eigenvalue weighted by Gasteiger charge is 2.22. The van der Waals surface area contributed by atoms with E-state index in [4.69, 9.17) is 5.73 Å². The molecule has 3 N–H and O–H groups in total. The van der Waals surface area contributed by atoms with E-state index in [1.54, 1.807) is 0 Å². The van der Waals surface area contributed by atoms with Gasteiger partial charge in [0.1, 0.15) is 0 Å². The number of amides is 1. The first-order chi connectivity index (χ1) is 8.32. The number of nitrogens with one attached hydrogen (secondary N) is 1. The molecule has 0 aliphatic carbocycles. The van der Waals surface area contributed by atoms with E-state index in [1.807, 2.05) is 13.8 Å². The van der Waals surface area contributed by atoms with Crippen molar-refractivity contribution in [1.82, 2.24) is 5.32 Å². The van der Waals surface area contributed by atoms with Gasteiger partial charge in [-0.3, -0.25) is 10.1 Å². The molecule has 0 aliphatic heterocycles. The Balaban J connectivity index is 2.87. The molecular weight excluding hydrogens is 224 g/mol. The number of aryl methyl sites for hydroxylation is 2. The summed E-state index contributed by atoms with van der Waals surface area (Å²) in [4.78, 5) is 11.4. The number of benzene rings is 1. The molecule has 0 aliphatic rings. The van der Waals surface area contributed by atoms with Crippen LogP contribution in [0.25, 0.3) is 0 Å². The summed E-state index contributed by atoms with van der Waals surface area (Å²) < 4.78 is 0. The zero-order valence-electron chi connectivity index (χ0n) is 11.9. The Morgan fingerprint density at radius 3 is 2.28 bits per heavy atom. The molecule has 0 saturated carbocycles. The number of nitrogens with two attached hydrogens (primary N) is 1. The molecule has 0 saturated heterocycles. The molecule has 1 rings (SSSR count). The third-order valence-electron chi connectivity index (χ3n) is 3.29. The molecule has 0 heterocycles. The zero-order valence-corrected chi connectivity index (χ0v) is 11.9. The molecule has 1 aromatic carbocycles. The summed E-state index contributed by atoms with van der Waals surface area (Å²) in [7, 11) is 0. The SMILES string of the molecule is Cc1ccc(C(C)NC(C(N)=O)C(C)C)c(C)c1. The average molecular weight is 248 g/mol. The van der Waals surface area contributed by atoms with Crippen molar-refractivity contribution in [2.45, 2.75) is 46.7 Å². The minimum atomic E-state index is -0.291. The van der Waals surface area contributed by atoms with Gasteiger partial charge in [0.15, 0.2) is 0 Å². The van der Waals surface area contributed by atoms with Crippen LogP contribution in [0.15, 0.2) is 18.2 Å². The first-order valence-electron chi connectivity index (χ1n) is 6.45. The maximum Gasteiger partial charge on any atom is 0.234 e. The molecule has 1 amide bonds. The van der Waals surface area contributed by atoms with Crippen LogP contribution >= 0.6 is 0 Å². The average Bonchev–Trinajstić information content (AvgIpc) is 2.24. The van der Waals surface area contributed by atoms with Gasteiger partial charge in [0.25, 0.3) is 0 Å². The summed E-state index contributed by atoms with van der Waals surface area (Å²) in [5.74, 6) is -0.0997. The van der Waals surface area contributed by atoms with E-state index in [0.29, 0.717) is 0 Å². The van der Waals surface area contributed by atoms with Crippen LogP contribution in [0, 0.1) is 19.8 Å². The maximum atomic E-state index is 11.4. The molecule has 100 valence electrons. The Morgan fingerprint density at radius 2 is 1.83 bits per heavy atom. The van der Waals surface area contributed by atoms with Crippen molar-refractivity contribution in [3.63, 3.8) is 0 Å². The number of carbonyl (C=O) groups excluding carboxylic acids is 1. The lowest BCUT2D eigenvalue weighted by Gasteiger charge is -2.25. The minimum Gasteiger partial charge on any atom is -0.368 e. The second-order valence-electron chi connectivity index (χ2n) is 5.37. The van der Waals surface area contributed by atoms with Crippen LogP contribution in [0.2, 0.25) is 0 Å². The van der Waals surface area contributed by atoms with Crippen molar-refractivity contribution in [1.29, 1.82) is 0 Å². The second kappa shape index (κ2) is 6.01. The number of hydrogen-bond acceptors (Lipinski definition) is 2. The molecular formula is C15H24N2O. The minimum absolute atomic E-state index is 0.116. The van der Waals surface area contributed by atoms with Gasteiger partial charge in [0.2, 0.25) is 5.91 Å². The second-order valence-corrected chi connectivity index (χ2v) is 5.37. The number of rotatable bonds is 5. The highest BCUT2D eigenvalue weighted by atomic mass is 16.1. The van der Waals surface area contributed by atoms with Gasteiger partial charge < -0.3 is 5.73 Å². The van der Waals surface area contributed by atoms with Gasteiger partial charge in [0.05, 0.1) is 6.04 Å². The molecule has 0 spiro atoms. The molecule has 18 heavy (non-hydrogen) atoms. The van der Waals surface area contributed by atoms with E-state index < -0.39 is 0 Å². The van der Waals surface area contributed by atoms with Crippen molar-refractivity contribution >= 4 is 5.91 Å². The Hall–Kier alpha value is -1.35. The highest BCUT2D eigenvalue weighted by molar-refractivity contribution is 5.80. The van der Waals surface area contributed by atoms with E-state index in [2.05, 4.69) is 44.3 Å². The van der Waals surface area contributed by atoms with E-state index in [1.165, 1.54) is 16.7 Å². The Labute approximate surface area is 110 Å². The standard InChI is InChI=1S/C15H24N2O/c1-9(2)14(15(16)18)17-12(5)13-7-6-10(3)8-11(13)4/h6-9,12,14,17H,1-5H3,(H2,16,18). The molecule has 0 aromatic heterocycles. The van der Waals surface area contributed by atoms with Crippen molar-refractivity contribution in [3.05, 3.63) is 34.9 Å². The normalized spacial score (nSPS) is 14.6. The zero-order chi connectivity index (χ0) is 13.9. The van der Waals surface area contributed by atoms with Crippen molar-refractivity contribution in [2.24, 2.45) is 11.7 Å². The van der Waals surface area contributed by atoms with Crippen LogP contribution in [0.5, 0.6) is 0 Å². The molecule has 3 nitrogen and oxygen atoms in total. The van der Waals surface area contributed by atoms with Crippen LogP contribution < -0.4 is 11.1 Å². The lowest BCUT2D eigenvalue weighted by Crippen LogP contribution is -2.46. The molecule has 0 fully saturated rings. The third-order valence-corrected chi connectivity index (χ3v) is 3.29. The summed E-state index contributed by atoms with van der Waals surface area (Å²) in [6, 6.07) is 6.18. The molecule has 0 bridgehead atoms. The number of primary amides is 1.